The number of benzene rings is 1. The highest BCUT2D eigenvalue weighted by Crippen LogP contribution is 2.16. The number of ether oxygens (including phenoxy) is 1. The number of methoxy groups -OCH3 is 1. The molecule has 15 heavy (non-hydrogen) atoms. The Morgan fingerprint density at radius 3 is 2.87 bits per heavy atom. The molecule has 0 spiro atoms. The minimum Gasteiger partial charge on any atom is -0.465 e. The molecule has 0 aliphatic heterocycles. The first-order valence-corrected chi connectivity index (χ1v) is 4.74. The van der Waals surface area contributed by atoms with Gasteiger partial charge < -0.3 is 4.74 Å². The number of hydrogen-bond donors (Lipinski definition) is 0. The molecule has 0 bridgehead atoms. The molecule has 78 valence electrons. The molecular weight excluding hydrogens is 190 g/mol. The van der Waals surface area contributed by atoms with Gasteiger partial charge in [0.2, 0.25) is 0 Å². The molecule has 0 atom stereocenters. The zero-order valence-corrected chi connectivity index (χ0v) is 8.91. The third-order valence-corrected chi connectivity index (χ3v) is 2.30. The molecule has 0 fully saturated rings. The maximum atomic E-state index is 11.4. The van der Waals surface area contributed by atoms with Crippen molar-refractivity contribution in [3.05, 3.63) is 34.9 Å². The number of aryl methyl sites for hydroxylation is 1. The zero-order chi connectivity index (χ0) is 11.3. The number of nitrogens with zero attached hydrogens (tertiary/aromatic N) is 1. The number of hydrogen-bond acceptors (Lipinski definition) is 3. The SMILES string of the molecule is COC(=O)c1cccc(C)c1CCC#N. The van der Waals surface area contributed by atoms with Gasteiger partial charge in [-0.3, -0.25) is 0 Å². The number of carbonyl (C=O) groups excluding carboxylic acids is 1. The van der Waals surface area contributed by atoms with E-state index in [4.69, 9.17) is 10.00 Å². The third-order valence-electron chi connectivity index (χ3n) is 2.30. The van der Waals surface area contributed by atoms with Gasteiger partial charge in [0, 0.05) is 6.42 Å². The normalized spacial score (nSPS) is 9.40. The van der Waals surface area contributed by atoms with Crippen LogP contribution in [0.4, 0.5) is 0 Å². The van der Waals surface area contributed by atoms with Gasteiger partial charge in [0.25, 0.3) is 0 Å². The predicted octanol–water partition coefficient (Wildman–Crippen LogP) is 2.24. The van der Waals surface area contributed by atoms with E-state index in [0.29, 0.717) is 18.4 Å². The molecular formula is C12H13NO2. The molecule has 0 aliphatic rings. The van der Waals surface area contributed by atoms with E-state index in [9.17, 15) is 4.79 Å². The lowest BCUT2D eigenvalue weighted by molar-refractivity contribution is 0.0599. The topological polar surface area (TPSA) is 50.1 Å². The molecule has 1 rings (SSSR count). The van der Waals surface area contributed by atoms with Crippen LogP contribution in [0, 0.1) is 18.3 Å². The lowest BCUT2D eigenvalue weighted by Crippen LogP contribution is -2.07. The van der Waals surface area contributed by atoms with E-state index in [1.807, 2.05) is 19.1 Å². The maximum absolute atomic E-state index is 11.4. The van der Waals surface area contributed by atoms with Crippen LogP contribution in [0.15, 0.2) is 18.2 Å². The van der Waals surface area contributed by atoms with E-state index in [-0.39, 0.29) is 5.97 Å². The summed E-state index contributed by atoms with van der Waals surface area (Å²) in [5, 5.41) is 8.54. The molecule has 1 aromatic carbocycles. The minimum atomic E-state index is -0.341. The fourth-order valence-electron chi connectivity index (χ4n) is 1.52. The van der Waals surface area contributed by atoms with E-state index in [2.05, 4.69) is 6.07 Å². The fourth-order valence-corrected chi connectivity index (χ4v) is 1.52. The van der Waals surface area contributed by atoms with Crippen LogP contribution in [0.2, 0.25) is 0 Å². The first-order valence-electron chi connectivity index (χ1n) is 4.74. The van der Waals surface area contributed by atoms with Crippen molar-refractivity contribution in [1.29, 1.82) is 5.26 Å². The second-order valence-corrected chi connectivity index (χ2v) is 3.25. The number of esters is 1. The van der Waals surface area contributed by atoms with Gasteiger partial charge in [-0.25, -0.2) is 4.79 Å². The van der Waals surface area contributed by atoms with Crippen molar-refractivity contribution < 1.29 is 9.53 Å². The Kier molecular flexibility index (Phi) is 3.87. The highest BCUT2D eigenvalue weighted by molar-refractivity contribution is 5.91. The predicted molar refractivity (Wildman–Crippen MR) is 56.5 cm³/mol. The molecule has 0 radical (unpaired) electrons. The maximum Gasteiger partial charge on any atom is 0.338 e. The summed E-state index contributed by atoms with van der Waals surface area (Å²) in [6.45, 7) is 1.93. The van der Waals surface area contributed by atoms with Crippen molar-refractivity contribution in [2.75, 3.05) is 7.11 Å². The van der Waals surface area contributed by atoms with E-state index in [0.717, 1.165) is 11.1 Å². The van der Waals surface area contributed by atoms with Crippen LogP contribution in [0.5, 0.6) is 0 Å². The van der Waals surface area contributed by atoms with Crippen molar-refractivity contribution in [2.24, 2.45) is 0 Å². The van der Waals surface area contributed by atoms with Crippen LogP contribution in [0.25, 0.3) is 0 Å². The summed E-state index contributed by atoms with van der Waals surface area (Å²) in [5.41, 5.74) is 2.49. The lowest BCUT2D eigenvalue weighted by Gasteiger charge is -2.09. The Morgan fingerprint density at radius 2 is 2.27 bits per heavy atom. The molecule has 3 heteroatoms. The minimum absolute atomic E-state index is 0.341. The Balaban J connectivity index is 3.09. The van der Waals surface area contributed by atoms with Crippen LogP contribution < -0.4 is 0 Å². The van der Waals surface area contributed by atoms with Crippen molar-refractivity contribution in [3.63, 3.8) is 0 Å². The van der Waals surface area contributed by atoms with E-state index < -0.39 is 0 Å². The van der Waals surface area contributed by atoms with Gasteiger partial charge >= 0.3 is 5.97 Å². The second-order valence-electron chi connectivity index (χ2n) is 3.25. The highest BCUT2D eigenvalue weighted by atomic mass is 16.5. The Hall–Kier alpha value is -1.82. The average Bonchev–Trinajstić information content (AvgIpc) is 2.26. The molecule has 0 aliphatic carbocycles. The summed E-state index contributed by atoms with van der Waals surface area (Å²) < 4.78 is 4.69. The molecule has 0 unspecified atom stereocenters. The molecule has 1 aromatic rings. The Morgan fingerprint density at radius 1 is 1.53 bits per heavy atom. The lowest BCUT2D eigenvalue weighted by atomic mass is 9.98. The van der Waals surface area contributed by atoms with Crippen LogP contribution in [0.1, 0.15) is 27.9 Å². The van der Waals surface area contributed by atoms with Crippen LogP contribution in [-0.2, 0) is 11.2 Å². The van der Waals surface area contributed by atoms with Gasteiger partial charge in [-0.15, -0.1) is 0 Å². The van der Waals surface area contributed by atoms with Crippen LogP contribution >= 0.6 is 0 Å². The second kappa shape index (κ2) is 5.16. The standard InChI is InChI=1S/C12H13NO2/c1-9-5-3-6-11(12(14)15-2)10(9)7-4-8-13/h3,5-6H,4,7H2,1-2H3. The smallest absolute Gasteiger partial charge is 0.338 e. The molecule has 0 heterocycles. The average molecular weight is 203 g/mol. The van der Waals surface area contributed by atoms with Crippen molar-refractivity contribution >= 4 is 5.97 Å². The molecule has 0 N–H and O–H groups in total. The van der Waals surface area contributed by atoms with Gasteiger partial charge in [0.1, 0.15) is 0 Å². The van der Waals surface area contributed by atoms with Gasteiger partial charge in [-0.2, -0.15) is 5.26 Å². The monoisotopic (exact) mass is 203 g/mol. The van der Waals surface area contributed by atoms with Gasteiger partial charge in [-0.05, 0) is 30.5 Å². The van der Waals surface area contributed by atoms with Crippen molar-refractivity contribution in [2.45, 2.75) is 19.8 Å². The first kappa shape index (κ1) is 11.3. The van der Waals surface area contributed by atoms with E-state index in [1.165, 1.54) is 7.11 Å². The van der Waals surface area contributed by atoms with E-state index in [1.54, 1.807) is 6.07 Å². The van der Waals surface area contributed by atoms with Crippen LogP contribution in [0.3, 0.4) is 0 Å². The molecule has 0 aromatic heterocycles. The summed E-state index contributed by atoms with van der Waals surface area (Å²) in [7, 11) is 1.36. The van der Waals surface area contributed by atoms with E-state index >= 15 is 0 Å². The quantitative estimate of drug-likeness (QED) is 0.708. The summed E-state index contributed by atoms with van der Waals surface area (Å²) in [6, 6.07) is 7.55. The number of nitriles is 1. The molecule has 0 amide bonds. The summed E-state index contributed by atoms with van der Waals surface area (Å²) >= 11 is 0. The van der Waals surface area contributed by atoms with Gasteiger partial charge in [0.05, 0.1) is 18.7 Å². The molecule has 0 saturated carbocycles. The van der Waals surface area contributed by atoms with Crippen molar-refractivity contribution in [3.8, 4) is 6.07 Å². The zero-order valence-electron chi connectivity index (χ0n) is 8.91. The number of rotatable bonds is 3. The largest absolute Gasteiger partial charge is 0.465 e. The Labute approximate surface area is 89.3 Å². The van der Waals surface area contributed by atoms with Gasteiger partial charge in [-0.1, -0.05) is 12.1 Å². The first-order chi connectivity index (χ1) is 7.20. The molecule has 0 saturated heterocycles. The third kappa shape index (κ3) is 2.57. The molecule has 3 nitrogen and oxygen atoms in total. The van der Waals surface area contributed by atoms with Gasteiger partial charge in [0.15, 0.2) is 0 Å². The fraction of sp³-hybridized carbons (Fsp3) is 0.333. The summed E-state index contributed by atoms with van der Waals surface area (Å²) in [6.07, 6.45) is 1.00. The summed E-state index contributed by atoms with van der Waals surface area (Å²) in [4.78, 5) is 11.4. The van der Waals surface area contributed by atoms with Crippen LogP contribution in [-0.4, -0.2) is 13.1 Å². The highest BCUT2D eigenvalue weighted by Gasteiger charge is 2.12. The number of carbonyl (C=O) groups is 1. The summed E-state index contributed by atoms with van der Waals surface area (Å²) in [5.74, 6) is -0.341. The Bertz CT molecular complexity index is 405. The van der Waals surface area contributed by atoms with Crippen molar-refractivity contribution in [1.82, 2.24) is 0 Å².